The Morgan fingerprint density at radius 1 is 1.20 bits per heavy atom. The van der Waals surface area contributed by atoms with Crippen LogP contribution in [0, 0.1) is 17.5 Å². The van der Waals surface area contributed by atoms with E-state index < -0.39 is 23.2 Å². The van der Waals surface area contributed by atoms with E-state index in [-0.39, 0.29) is 5.69 Å². The summed E-state index contributed by atoms with van der Waals surface area (Å²) in [4.78, 5) is 0. The Kier molecular flexibility index (Phi) is 2.34. The van der Waals surface area contributed by atoms with E-state index in [1.54, 1.807) is 0 Å². The Bertz CT molecular complexity index is 390. The molecule has 0 aromatic heterocycles. The topological polar surface area (TPSA) is 21.3 Å². The molecule has 0 radical (unpaired) electrons. The third-order valence-corrected chi connectivity index (χ3v) is 2.49. The molecule has 0 aliphatic heterocycles. The first-order valence-electron chi connectivity index (χ1n) is 4.55. The minimum atomic E-state index is -1.47. The molecule has 82 valence electrons. The van der Waals surface area contributed by atoms with E-state index >= 15 is 0 Å². The number of nitrogens with one attached hydrogen (secondary N) is 1. The number of halogens is 3. The van der Waals surface area contributed by atoms with Crippen molar-refractivity contribution in [3.8, 4) is 0 Å². The van der Waals surface area contributed by atoms with Gasteiger partial charge in [0.05, 0.1) is 5.69 Å². The van der Waals surface area contributed by atoms with Crippen molar-refractivity contribution in [2.45, 2.75) is 18.6 Å². The van der Waals surface area contributed by atoms with Crippen LogP contribution < -0.4 is 5.32 Å². The van der Waals surface area contributed by atoms with Crippen LogP contribution in [0.4, 0.5) is 18.9 Å². The third-order valence-electron chi connectivity index (χ3n) is 2.49. The van der Waals surface area contributed by atoms with E-state index in [1.165, 1.54) is 7.11 Å². The van der Waals surface area contributed by atoms with Gasteiger partial charge in [-0.25, -0.2) is 13.2 Å². The molecule has 0 heterocycles. The van der Waals surface area contributed by atoms with Crippen molar-refractivity contribution in [2.24, 2.45) is 0 Å². The molecular formula is C10H10F3NO. The minimum absolute atomic E-state index is 0.0757. The van der Waals surface area contributed by atoms with Crippen LogP contribution in [0.25, 0.3) is 0 Å². The van der Waals surface area contributed by atoms with Crippen LogP contribution in [0.2, 0.25) is 0 Å². The molecular weight excluding hydrogens is 207 g/mol. The highest BCUT2D eigenvalue weighted by atomic mass is 19.2. The van der Waals surface area contributed by atoms with Gasteiger partial charge < -0.3 is 10.1 Å². The number of methoxy groups -OCH3 is 1. The summed E-state index contributed by atoms with van der Waals surface area (Å²) >= 11 is 0. The van der Waals surface area contributed by atoms with Crippen molar-refractivity contribution < 1.29 is 17.9 Å². The van der Waals surface area contributed by atoms with Crippen molar-refractivity contribution >= 4 is 5.69 Å². The first-order valence-corrected chi connectivity index (χ1v) is 4.55. The molecule has 1 aromatic rings. The standard InChI is InChI=1S/C10H10F3NO/c1-15-10(4-5-10)14-7-3-2-6(11)8(12)9(7)13/h2-3,14H,4-5H2,1H3. The van der Waals surface area contributed by atoms with Crippen LogP contribution in [0.5, 0.6) is 0 Å². The van der Waals surface area contributed by atoms with Gasteiger partial charge in [-0.05, 0) is 25.0 Å². The second-order valence-corrected chi connectivity index (χ2v) is 3.55. The second-order valence-electron chi connectivity index (χ2n) is 3.55. The lowest BCUT2D eigenvalue weighted by Crippen LogP contribution is -2.24. The summed E-state index contributed by atoms with van der Waals surface area (Å²) in [7, 11) is 1.48. The van der Waals surface area contributed by atoms with Crippen LogP contribution in [0.1, 0.15) is 12.8 Å². The molecule has 0 atom stereocenters. The summed E-state index contributed by atoms with van der Waals surface area (Å²) in [5, 5.41) is 2.71. The molecule has 0 spiro atoms. The van der Waals surface area contributed by atoms with Gasteiger partial charge in [-0.3, -0.25) is 0 Å². The van der Waals surface area contributed by atoms with Crippen LogP contribution in [-0.2, 0) is 4.74 Å². The largest absolute Gasteiger partial charge is 0.359 e. The second kappa shape index (κ2) is 3.41. The van der Waals surface area contributed by atoms with Crippen molar-refractivity contribution in [1.82, 2.24) is 0 Å². The predicted molar refractivity (Wildman–Crippen MR) is 48.9 cm³/mol. The maximum Gasteiger partial charge on any atom is 0.196 e. The maximum absolute atomic E-state index is 13.2. The molecule has 1 aliphatic carbocycles. The molecule has 0 unspecified atom stereocenters. The van der Waals surface area contributed by atoms with Crippen LogP contribution in [0.3, 0.4) is 0 Å². The lowest BCUT2D eigenvalue weighted by molar-refractivity contribution is 0.104. The molecule has 2 nitrogen and oxygen atoms in total. The summed E-state index contributed by atoms with van der Waals surface area (Å²) < 4.78 is 43.8. The lowest BCUT2D eigenvalue weighted by atomic mass is 10.2. The first kappa shape index (κ1) is 10.3. The molecule has 2 rings (SSSR count). The Hall–Kier alpha value is -1.23. The van der Waals surface area contributed by atoms with Gasteiger partial charge in [0.15, 0.2) is 17.5 Å². The smallest absolute Gasteiger partial charge is 0.196 e. The number of benzene rings is 1. The van der Waals surface area contributed by atoms with Gasteiger partial charge in [-0.1, -0.05) is 0 Å². The van der Waals surface area contributed by atoms with E-state index in [9.17, 15) is 13.2 Å². The molecule has 1 saturated carbocycles. The predicted octanol–water partition coefficient (Wildman–Crippen LogP) is 2.65. The molecule has 1 N–H and O–H groups in total. The van der Waals surface area contributed by atoms with E-state index in [4.69, 9.17) is 4.74 Å². The monoisotopic (exact) mass is 217 g/mol. The van der Waals surface area contributed by atoms with Gasteiger partial charge in [0, 0.05) is 7.11 Å². The normalized spacial score (nSPS) is 17.6. The van der Waals surface area contributed by atoms with Crippen LogP contribution in [0.15, 0.2) is 12.1 Å². The molecule has 0 amide bonds. The zero-order chi connectivity index (χ0) is 11.1. The zero-order valence-corrected chi connectivity index (χ0v) is 8.11. The van der Waals surface area contributed by atoms with E-state index in [2.05, 4.69) is 5.32 Å². The summed E-state index contributed by atoms with van der Waals surface area (Å²) in [6, 6.07) is 2.04. The fourth-order valence-electron chi connectivity index (χ4n) is 1.36. The lowest BCUT2D eigenvalue weighted by Gasteiger charge is -2.17. The molecule has 0 bridgehead atoms. The average molecular weight is 217 g/mol. The van der Waals surface area contributed by atoms with Gasteiger partial charge in [0.1, 0.15) is 5.72 Å². The molecule has 1 aliphatic rings. The van der Waals surface area contributed by atoms with Crippen molar-refractivity contribution in [3.05, 3.63) is 29.6 Å². The summed E-state index contributed by atoms with van der Waals surface area (Å²) in [6.45, 7) is 0. The Morgan fingerprint density at radius 2 is 1.87 bits per heavy atom. The Balaban J connectivity index is 2.26. The van der Waals surface area contributed by atoms with E-state index in [1.807, 2.05) is 0 Å². The summed E-state index contributed by atoms with van der Waals surface area (Å²) in [5.74, 6) is -3.87. The number of hydrogen-bond donors (Lipinski definition) is 1. The van der Waals surface area contributed by atoms with Gasteiger partial charge in [-0.15, -0.1) is 0 Å². The quantitative estimate of drug-likeness (QED) is 0.620. The fourth-order valence-corrected chi connectivity index (χ4v) is 1.36. The third kappa shape index (κ3) is 1.79. The van der Waals surface area contributed by atoms with Crippen molar-refractivity contribution in [2.75, 3.05) is 12.4 Å². The molecule has 0 saturated heterocycles. The zero-order valence-electron chi connectivity index (χ0n) is 8.11. The highest BCUT2D eigenvalue weighted by Gasteiger charge is 2.43. The molecule has 1 fully saturated rings. The first-order chi connectivity index (χ1) is 7.08. The molecule has 15 heavy (non-hydrogen) atoms. The van der Waals surface area contributed by atoms with Gasteiger partial charge >= 0.3 is 0 Å². The minimum Gasteiger partial charge on any atom is -0.359 e. The van der Waals surface area contributed by atoms with Gasteiger partial charge in [0.2, 0.25) is 0 Å². The highest BCUT2D eigenvalue weighted by Crippen LogP contribution is 2.40. The Morgan fingerprint density at radius 3 is 2.40 bits per heavy atom. The van der Waals surface area contributed by atoms with Crippen molar-refractivity contribution in [3.63, 3.8) is 0 Å². The number of ether oxygens (including phenoxy) is 1. The number of rotatable bonds is 3. The summed E-state index contributed by atoms with van der Waals surface area (Å²) in [5.41, 5.74) is -0.682. The summed E-state index contributed by atoms with van der Waals surface area (Å²) in [6.07, 6.45) is 1.45. The Labute approximate surface area is 85.0 Å². The number of anilines is 1. The maximum atomic E-state index is 13.2. The highest BCUT2D eigenvalue weighted by molar-refractivity contribution is 5.48. The van der Waals surface area contributed by atoms with E-state index in [0.29, 0.717) is 0 Å². The fraction of sp³-hybridized carbons (Fsp3) is 0.400. The average Bonchev–Trinajstić information content (AvgIpc) is 3.00. The molecule has 1 aromatic carbocycles. The molecule has 5 heteroatoms. The van der Waals surface area contributed by atoms with Gasteiger partial charge in [0.25, 0.3) is 0 Å². The van der Waals surface area contributed by atoms with Crippen molar-refractivity contribution in [1.29, 1.82) is 0 Å². The van der Waals surface area contributed by atoms with Crippen LogP contribution >= 0.6 is 0 Å². The van der Waals surface area contributed by atoms with Crippen LogP contribution in [-0.4, -0.2) is 12.8 Å². The van der Waals surface area contributed by atoms with E-state index in [0.717, 1.165) is 25.0 Å². The van der Waals surface area contributed by atoms with Gasteiger partial charge in [-0.2, -0.15) is 0 Å². The number of hydrogen-bond acceptors (Lipinski definition) is 2. The SMILES string of the molecule is COC1(Nc2ccc(F)c(F)c2F)CC1.